The molecule has 0 aromatic heterocycles. The number of unbranched alkanes of at least 4 members (excludes halogenated alkanes) is 3. The summed E-state index contributed by atoms with van der Waals surface area (Å²) < 4.78 is 0. The van der Waals surface area contributed by atoms with Crippen molar-refractivity contribution in [1.29, 1.82) is 0 Å². The molecule has 1 aliphatic carbocycles. The Morgan fingerprint density at radius 1 is 1.21 bits per heavy atom. The predicted molar refractivity (Wildman–Crippen MR) is 61.2 cm³/mol. The first-order valence-corrected chi connectivity index (χ1v) is 5.92. The van der Waals surface area contributed by atoms with Gasteiger partial charge < -0.3 is 5.11 Å². The Kier molecular flexibility index (Phi) is 4.67. The minimum absolute atomic E-state index is 0.191. The molecule has 0 radical (unpaired) electrons. The van der Waals surface area contributed by atoms with Crippen LogP contribution in [0.3, 0.4) is 0 Å². The second-order valence-corrected chi connectivity index (χ2v) is 5.18. The van der Waals surface area contributed by atoms with Crippen LogP contribution in [-0.2, 0) is 0 Å². The molecule has 0 amide bonds. The van der Waals surface area contributed by atoms with E-state index in [1.54, 1.807) is 0 Å². The Labute approximate surface area is 88.2 Å². The lowest BCUT2D eigenvalue weighted by atomic mass is 10.0. The van der Waals surface area contributed by atoms with E-state index in [4.69, 9.17) is 5.11 Å². The van der Waals surface area contributed by atoms with Crippen LogP contribution in [-0.4, -0.2) is 11.7 Å². The summed E-state index contributed by atoms with van der Waals surface area (Å²) in [6.07, 6.45) is 11.9. The maximum absolute atomic E-state index is 8.52. The highest BCUT2D eigenvalue weighted by Gasteiger charge is 2.44. The standard InChI is InChI=1S/C13H24O/c1-13(2)11-12(13)9-7-5-3-4-6-8-10-14/h6,8,12,14H,3-5,7,9-11H2,1-2H3/b8-6+. The van der Waals surface area contributed by atoms with Gasteiger partial charge in [0.15, 0.2) is 0 Å². The summed E-state index contributed by atoms with van der Waals surface area (Å²) >= 11 is 0. The quantitative estimate of drug-likeness (QED) is 0.488. The molecule has 1 aliphatic rings. The van der Waals surface area contributed by atoms with E-state index in [2.05, 4.69) is 19.9 Å². The highest BCUT2D eigenvalue weighted by atomic mass is 16.2. The first-order valence-electron chi connectivity index (χ1n) is 5.92. The largest absolute Gasteiger partial charge is 0.392 e. The molecular weight excluding hydrogens is 172 g/mol. The summed E-state index contributed by atoms with van der Waals surface area (Å²) in [4.78, 5) is 0. The number of allylic oxidation sites excluding steroid dienone is 1. The normalized spacial score (nSPS) is 24.4. The van der Waals surface area contributed by atoms with E-state index < -0.39 is 0 Å². The zero-order valence-electron chi connectivity index (χ0n) is 9.63. The SMILES string of the molecule is CC1(C)CC1CCCCC/C=C/CO. The average Bonchev–Trinajstić information content (AvgIpc) is 2.73. The van der Waals surface area contributed by atoms with Gasteiger partial charge in [0.1, 0.15) is 0 Å². The van der Waals surface area contributed by atoms with Crippen molar-refractivity contribution in [2.45, 2.75) is 52.4 Å². The molecule has 1 heteroatoms. The minimum atomic E-state index is 0.191. The van der Waals surface area contributed by atoms with Gasteiger partial charge in [-0.1, -0.05) is 38.8 Å². The second-order valence-electron chi connectivity index (χ2n) is 5.18. The molecule has 1 fully saturated rings. The lowest BCUT2D eigenvalue weighted by Crippen LogP contribution is -1.90. The summed E-state index contributed by atoms with van der Waals surface area (Å²) in [6.45, 7) is 4.94. The minimum Gasteiger partial charge on any atom is -0.392 e. The molecule has 0 bridgehead atoms. The molecule has 0 heterocycles. The van der Waals surface area contributed by atoms with Crippen LogP contribution in [0, 0.1) is 11.3 Å². The molecule has 82 valence electrons. The third-order valence-electron chi connectivity index (χ3n) is 3.41. The molecule has 1 atom stereocenters. The van der Waals surface area contributed by atoms with Gasteiger partial charge >= 0.3 is 0 Å². The van der Waals surface area contributed by atoms with Crippen molar-refractivity contribution in [3.05, 3.63) is 12.2 Å². The van der Waals surface area contributed by atoms with E-state index >= 15 is 0 Å². The van der Waals surface area contributed by atoms with Gasteiger partial charge in [-0.3, -0.25) is 0 Å². The van der Waals surface area contributed by atoms with Gasteiger partial charge in [0.25, 0.3) is 0 Å². The molecule has 0 aromatic rings. The lowest BCUT2D eigenvalue weighted by Gasteiger charge is -2.02. The molecule has 1 N–H and O–H groups in total. The fourth-order valence-electron chi connectivity index (χ4n) is 2.09. The topological polar surface area (TPSA) is 20.2 Å². The van der Waals surface area contributed by atoms with E-state index in [1.807, 2.05) is 6.08 Å². The third kappa shape index (κ3) is 4.28. The van der Waals surface area contributed by atoms with Crippen LogP contribution >= 0.6 is 0 Å². The van der Waals surface area contributed by atoms with Crippen LogP contribution in [0.4, 0.5) is 0 Å². The lowest BCUT2D eigenvalue weighted by molar-refractivity contribution is 0.342. The zero-order chi connectivity index (χ0) is 10.4. The Bertz CT molecular complexity index is 182. The van der Waals surface area contributed by atoms with E-state index in [1.165, 1.54) is 32.1 Å². The first kappa shape index (κ1) is 11.8. The molecule has 14 heavy (non-hydrogen) atoms. The summed E-state index contributed by atoms with van der Waals surface area (Å²) in [7, 11) is 0. The van der Waals surface area contributed by atoms with Crippen LogP contribution in [0.25, 0.3) is 0 Å². The maximum Gasteiger partial charge on any atom is 0.0612 e. The Hall–Kier alpha value is -0.300. The van der Waals surface area contributed by atoms with E-state index in [0.717, 1.165) is 12.3 Å². The van der Waals surface area contributed by atoms with Gasteiger partial charge in [-0.2, -0.15) is 0 Å². The number of hydrogen-bond acceptors (Lipinski definition) is 1. The van der Waals surface area contributed by atoms with Crippen LogP contribution in [0.15, 0.2) is 12.2 Å². The van der Waals surface area contributed by atoms with Gasteiger partial charge in [-0.25, -0.2) is 0 Å². The number of aliphatic hydroxyl groups is 1. The monoisotopic (exact) mass is 196 g/mol. The van der Waals surface area contributed by atoms with Gasteiger partial charge in [-0.05, 0) is 37.0 Å². The second kappa shape index (κ2) is 5.55. The van der Waals surface area contributed by atoms with Gasteiger partial charge in [0, 0.05) is 0 Å². The van der Waals surface area contributed by atoms with Crippen molar-refractivity contribution >= 4 is 0 Å². The number of aliphatic hydroxyl groups excluding tert-OH is 1. The van der Waals surface area contributed by atoms with Gasteiger partial charge in [0.2, 0.25) is 0 Å². The molecule has 0 aliphatic heterocycles. The van der Waals surface area contributed by atoms with Crippen molar-refractivity contribution < 1.29 is 5.11 Å². The Morgan fingerprint density at radius 2 is 1.93 bits per heavy atom. The molecular formula is C13H24O. The fraction of sp³-hybridized carbons (Fsp3) is 0.846. The van der Waals surface area contributed by atoms with Crippen LogP contribution in [0.5, 0.6) is 0 Å². The molecule has 0 saturated heterocycles. The van der Waals surface area contributed by atoms with Crippen molar-refractivity contribution in [1.82, 2.24) is 0 Å². The van der Waals surface area contributed by atoms with E-state index in [-0.39, 0.29) is 6.61 Å². The number of rotatable bonds is 7. The maximum atomic E-state index is 8.52. The van der Waals surface area contributed by atoms with Crippen molar-refractivity contribution in [2.75, 3.05) is 6.61 Å². The molecule has 0 spiro atoms. The van der Waals surface area contributed by atoms with Crippen molar-refractivity contribution in [3.8, 4) is 0 Å². The third-order valence-corrected chi connectivity index (χ3v) is 3.41. The average molecular weight is 196 g/mol. The molecule has 1 nitrogen and oxygen atoms in total. The zero-order valence-corrected chi connectivity index (χ0v) is 9.63. The van der Waals surface area contributed by atoms with Gasteiger partial charge in [0.05, 0.1) is 6.61 Å². The summed E-state index contributed by atoms with van der Waals surface area (Å²) in [6, 6.07) is 0. The van der Waals surface area contributed by atoms with Gasteiger partial charge in [-0.15, -0.1) is 0 Å². The molecule has 1 unspecified atom stereocenters. The molecule has 1 saturated carbocycles. The first-order chi connectivity index (χ1) is 6.67. The predicted octanol–water partition coefficient (Wildman–Crippen LogP) is 3.53. The van der Waals surface area contributed by atoms with E-state index in [0.29, 0.717) is 5.41 Å². The smallest absolute Gasteiger partial charge is 0.0612 e. The fourth-order valence-corrected chi connectivity index (χ4v) is 2.09. The molecule has 0 aromatic carbocycles. The van der Waals surface area contributed by atoms with Crippen molar-refractivity contribution in [2.24, 2.45) is 11.3 Å². The highest BCUT2D eigenvalue weighted by Crippen LogP contribution is 2.54. The van der Waals surface area contributed by atoms with Crippen LogP contribution in [0.1, 0.15) is 52.4 Å². The van der Waals surface area contributed by atoms with Crippen LogP contribution < -0.4 is 0 Å². The summed E-state index contributed by atoms with van der Waals surface area (Å²) in [5, 5.41) is 8.52. The summed E-state index contributed by atoms with van der Waals surface area (Å²) in [5.41, 5.74) is 0.663. The summed E-state index contributed by atoms with van der Waals surface area (Å²) in [5.74, 6) is 1.01. The Morgan fingerprint density at radius 3 is 2.50 bits per heavy atom. The Balaban J connectivity index is 1.84. The highest BCUT2D eigenvalue weighted by molar-refractivity contribution is 4.94. The van der Waals surface area contributed by atoms with E-state index in [9.17, 15) is 0 Å². The van der Waals surface area contributed by atoms with Crippen molar-refractivity contribution in [3.63, 3.8) is 0 Å². The number of hydrogen-bond donors (Lipinski definition) is 1. The van der Waals surface area contributed by atoms with Crippen LogP contribution in [0.2, 0.25) is 0 Å². The molecule has 1 rings (SSSR count).